The Labute approximate surface area is 137 Å². The molecular weight excluding hydrogens is 292 g/mol. The Bertz CT molecular complexity index is 542. The summed E-state index contributed by atoms with van der Waals surface area (Å²) in [6.07, 6.45) is 4.07. The van der Waals surface area contributed by atoms with Gasteiger partial charge in [-0.15, -0.1) is 0 Å². The third-order valence-electron chi connectivity index (χ3n) is 4.86. The molecule has 1 atom stereocenters. The first-order valence-electron chi connectivity index (χ1n) is 8.36. The zero-order valence-corrected chi connectivity index (χ0v) is 13.3. The number of rotatable bonds is 7. The van der Waals surface area contributed by atoms with E-state index in [0.717, 1.165) is 32.0 Å². The van der Waals surface area contributed by atoms with Gasteiger partial charge in [-0.3, -0.25) is 0 Å². The lowest BCUT2D eigenvalue weighted by atomic mass is 9.84. The van der Waals surface area contributed by atoms with E-state index < -0.39 is 6.10 Å². The van der Waals surface area contributed by atoms with E-state index in [9.17, 15) is 5.11 Å². The summed E-state index contributed by atoms with van der Waals surface area (Å²) in [4.78, 5) is 0. The largest absolute Gasteiger partial charge is 0.491 e. The van der Waals surface area contributed by atoms with Gasteiger partial charge in [0.15, 0.2) is 0 Å². The van der Waals surface area contributed by atoms with E-state index in [-0.39, 0.29) is 12.1 Å². The van der Waals surface area contributed by atoms with Gasteiger partial charge in [0.1, 0.15) is 18.5 Å². The maximum atomic E-state index is 10.2. The highest BCUT2D eigenvalue weighted by molar-refractivity contribution is 5.34. The van der Waals surface area contributed by atoms with Gasteiger partial charge in [0.2, 0.25) is 0 Å². The van der Waals surface area contributed by atoms with Crippen molar-refractivity contribution in [3.8, 4) is 11.8 Å². The molecule has 2 N–H and O–H groups in total. The van der Waals surface area contributed by atoms with Gasteiger partial charge in [0, 0.05) is 25.3 Å². The number of ether oxygens (including phenoxy) is 2. The second-order valence-corrected chi connectivity index (χ2v) is 6.52. The molecular formula is C18H24N2O3. The molecule has 1 aliphatic carbocycles. The van der Waals surface area contributed by atoms with Crippen LogP contribution in [0.3, 0.4) is 0 Å². The molecule has 1 saturated heterocycles. The average molecular weight is 316 g/mol. The van der Waals surface area contributed by atoms with Crippen LogP contribution in [-0.2, 0) is 4.74 Å². The first-order valence-corrected chi connectivity index (χ1v) is 8.36. The fraction of sp³-hybridized carbons (Fsp3) is 0.611. The molecule has 2 fully saturated rings. The van der Waals surface area contributed by atoms with Gasteiger partial charge in [-0.25, -0.2) is 0 Å². The summed E-state index contributed by atoms with van der Waals surface area (Å²) in [6.45, 7) is 2.39. The predicted octanol–water partition coefficient (Wildman–Crippen LogP) is 1.85. The van der Waals surface area contributed by atoms with Crippen LogP contribution in [0.1, 0.15) is 31.2 Å². The van der Waals surface area contributed by atoms with E-state index in [2.05, 4.69) is 11.4 Å². The Morgan fingerprint density at radius 1 is 1.30 bits per heavy atom. The first-order chi connectivity index (χ1) is 11.2. The molecule has 124 valence electrons. The van der Waals surface area contributed by atoms with Crippen molar-refractivity contribution in [3.63, 3.8) is 0 Å². The van der Waals surface area contributed by atoms with Crippen molar-refractivity contribution in [2.24, 2.45) is 5.92 Å². The first kappa shape index (κ1) is 16.3. The number of hydrogen-bond acceptors (Lipinski definition) is 5. The zero-order chi connectivity index (χ0) is 16.1. The van der Waals surface area contributed by atoms with Crippen molar-refractivity contribution in [2.75, 3.05) is 26.4 Å². The molecule has 5 nitrogen and oxygen atoms in total. The fourth-order valence-corrected chi connectivity index (χ4v) is 3.30. The van der Waals surface area contributed by atoms with Crippen LogP contribution in [0.5, 0.6) is 5.75 Å². The molecule has 3 rings (SSSR count). The summed E-state index contributed by atoms with van der Waals surface area (Å²) < 4.78 is 11.1. The van der Waals surface area contributed by atoms with Crippen LogP contribution in [0.15, 0.2) is 24.3 Å². The summed E-state index contributed by atoms with van der Waals surface area (Å²) >= 11 is 0. The van der Waals surface area contributed by atoms with Crippen molar-refractivity contribution in [1.29, 1.82) is 5.26 Å². The van der Waals surface area contributed by atoms with Crippen LogP contribution in [0, 0.1) is 17.2 Å². The van der Waals surface area contributed by atoms with E-state index in [4.69, 9.17) is 14.7 Å². The zero-order valence-electron chi connectivity index (χ0n) is 13.3. The average Bonchev–Trinajstić information content (AvgIpc) is 3.45. The third kappa shape index (κ3) is 4.23. The fourth-order valence-electron chi connectivity index (χ4n) is 3.30. The lowest BCUT2D eigenvalue weighted by molar-refractivity contribution is 0.0185. The van der Waals surface area contributed by atoms with Crippen molar-refractivity contribution < 1.29 is 14.6 Å². The molecule has 1 aromatic carbocycles. The molecule has 1 unspecified atom stereocenters. The SMILES string of the molecule is N#Cc1ccc(OCC(O)CNC2(C3CC3)CCOCC2)cc1. The molecule has 5 heteroatoms. The summed E-state index contributed by atoms with van der Waals surface area (Å²) in [7, 11) is 0. The van der Waals surface area contributed by atoms with Crippen molar-refractivity contribution in [2.45, 2.75) is 37.3 Å². The van der Waals surface area contributed by atoms with Gasteiger partial charge in [-0.05, 0) is 55.9 Å². The number of nitrogens with one attached hydrogen (secondary N) is 1. The Balaban J connectivity index is 1.45. The molecule has 0 spiro atoms. The van der Waals surface area contributed by atoms with E-state index in [1.54, 1.807) is 24.3 Å². The number of aliphatic hydroxyl groups is 1. The lowest BCUT2D eigenvalue weighted by Crippen LogP contribution is -2.53. The minimum Gasteiger partial charge on any atom is -0.491 e. The Kier molecular flexibility index (Phi) is 5.16. The van der Waals surface area contributed by atoms with Crippen LogP contribution >= 0.6 is 0 Å². The number of hydrogen-bond donors (Lipinski definition) is 2. The second kappa shape index (κ2) is 7.31. The number of aliphatic hydroxyl groups excluding tert-OH is 1. The van der Waals surface area contributed by atoms with Gasteiger partial charge in [0.25, 0.3) is 0 Å². The molecule has 23 heavy (non-hydrogen) atoms. The molecule has 0 bridgehead atoms. The van der Waals surface area contributed by atoms with Crippen molar-refractivity contribution in [3.05, 3.63) is 29.8 Å². The third-order valence-corrected chi connectivity index (χ3v) is 4.86. The highest BCUT2D eigenvalue weighted by Gasteiger charge is 2.45. The lowest BCUT2D eigenvalue weighted by Gasteiger charge is -2.39. The normalized spacial score (nSPS) is 21.4. The van der Waals surface area contributed by atoms with Crippen LogP contribution in [0.2, 0.25) is 0 Å². The van der Waals surface area contributed by atoms with Gasteiger partial charge >= 0.3 is 0 Å². The molecule has 0 radical (unpaired) electrons. The van der Waals surface area contributed by atoms with Crippen LogP contribution < -0.4 is 10.1 Å². The molecule has 1 saturated carbocycles. The van der Waals surface area contributed by atoms with Crippen molar-refractivity contribution in [1.82, 2.24) is 5.32 Å². The Hall–Kier alpha value is -1.61. The van der Waals surface area contributed by atoms with E-state index in [1.165, 1.54) is 12.8 Å². The van der Waals surface area contributed by atoms with Gasteiger partial charge in [-0.1, -0.05) is 0 Å². The highest BCUT2D eigenvalue weighted by Crippen LogP contribution is 2.44. The van der Waals surface area contributed by atoms with E-state index >= 15 is 0 Å². The van der Waals surface area contributed by atoms with Crippen LogP contribution in [-0.4, -0.2) is 43.1 Å². The summed E-state index contributed by atoms with van der Waals surface area (Å²) in [5.41, 5.74) is 0.749. The summed E-state index contributed by atoms with van der Waals surface area (Å²) in [5.74, 6) is 1.41. The monoisotopic (exact) mass is 316 g/mol. The maximum Gasteiger partial charge on any atom is 0.119 e. The minimum absolute atomic E-state index is 0.147. The number of β-amino-alcohol motifs (C(OH)–C–C–N with tert-alkyl or cyclic N) is 1. The summed E-state index contributed by atoms with van der Waals surface area (Å²) in [6, 6.07) is 9.00. The smallest absolute Gasteiger partial charge is 0.119 e. The molecule has 2 aliphatic rings. The highest BCUT2D eigenvalue weighted by atomic mass is 16.5. The van der Waals surface area contributed by atoms with Gasteiger partial charge in [0.05, 0.1) is 11.6 Å². The minimum atomic E-state index is -0.552. The Morgan fingerprint density at radius 3 is 2.61 bits per heavy atom. The standard InChI is InChI=1S/C18H24N2O3/c19-11-14-1-5-17(6-2-14)23-13-16(21)12-20-18(15-3-4-15)7-9-22-10-8-18/h1-2,5-6,15-16,20-21H,3-4,7-10,12-13H2. The summed E-state index contributed by atoms with van der Waals surface area (Å²) in [5, 5.41) is 22.6. The molecule has 1 aliphatic heterocycles. The van der Waals surface area contributed by atoms with Crippen LogP contribution in [0.4, 0.5) is 0 Å². The van der Waals surface area contributed by atoms with Crippen molar-refractivity contribution >= 4 is 0 Å². The predicted molar refractivity (Wildman–Crippen MR) is 86.2 cm³/mol. The number of nitriles is 1. The number of nitrogens with zero attached hydrogens (tertiary/aromatic N) is 1. The second-order valence-electron chi connectivity index (χ2n) is 6.52. The van der Waals surface area contributed by atoms with Crippen LogP contribution in [0.25, 0.3) is 0 Å². The van der Waals surface area contributed by atoms with Gasteiger partial charge in [-0.2, -0.15) is 5.26 Å². The molecule has 0 amide bonds. The Morgan fingerprint density at radius 2 is 2.00 bits per heavy atom. The van der Waals surface area contributed by atoms with E-state index in [1.807, 2.05) is 0 Å². The molecule has 0 aromatic heterocycles. The number of benzene rings is 1. The van der Waals surface area contributed by atoms with Gasteiger partial charge < -0.3 is 19.9 Å². The topological polar surface area (TPSA) is 74.5 Å². The van der Waals surface area contributed by atoms with E-state index in [0.29, 0.717) is 17.9 Å². The molecule has 1 heterocycles. The maximum absolute atomic E-state index is 10.2. The molecule has 1 aromatic rings. The quantitative estimate of drug-likeness (QED) is 0.803.